The van der Waals surface area contributed by atoms with E-state index in [1.807, 2.05) is 12.1 Å². The van der Waals surface area contributed by atoms with Crippen molar-refractivity contribution in [1.29, 1.82) is 5.26 Å². The van der Waals surface area contributed by atoms with Crippen molar-refractivity contribution < 1.29 is 9.53 Å². The molecule has 3 heteroatoms. The number of para-hydroxylation sites is 1. The van der Waals surface area contributed by atoms with Crippen molar-refractivity contribution in [2.24, 2.45) is 11.3 Å². The minimum Gasteiger partial charge on any atom is -0.492 e. The summed E-state index contributed by atoms with van der Waals surface area (Å²) in [5.41, 5.74) is 0.102. The molecule has 0 radical (unpaired) electrons. The lowest BCUT2D eigenvalue weighted by Crippen LogP contribution is -2.31. The van der Waals surface area contributed by atoms with E-state index in [0.717, 1.165) is 0 Å². The van der Waals surface area contributed by atoms with E-state index in [-0.39, 0.29) is 11.7 Å². The molecule has 1 heterocycles. The Morgan fingerprint density at radius 1 is 1.47 bits per heavy atom. The van der Waals surface area contributed by atoms with E-state index in [4.69, 9.17) is 10.00 Å². The lowest BCUT2D eigenvalue weighted by Gasteiger charge is -2.23. The average Bonchev–Trinajstić information content (AvgIpc) is 2.99. The number of hydrogen-bond acceptors (Lipinski definition) is 3. The molecule has 1 aromatic carbocycles. The van der Waals surface area contributed by atoms with E-state index < -0.39 is 5.41 Å². The van der Waals surface area contributed by atoms with Crippen LogP contribution in [0.2, 0.25) is 0 Å². The molecule has 0 unspecified atom stereocenters. The molecule has 0 aromatic heterocycles. The fraction of sp³-hybridized carbons (Fsp3) is 0.333. The summed E-state index contributed by atoms with van der Waals surface area (Å²) in [7, 11) is 0. The first-order chi connectivity index (χ1) is 7.28. The Labute approximate surface area is 87.3 Å². The topological polar surface area (TPSA) is 50.1 Å². The molecule has 15 heavy (non-hydrogen) atoms. The highest BCUT2D eigenvalue weighted by molar-refractivity contribution is 6.06. The summed E-state index contributed by atoms with van der Waals surface area (Å²) in [6.07, 6.45) is 0.649. The highest BCUT2D eigenvalue weighted by Crippen LogP contribution is 2.56. The predicted octanol–water partition coefficient (Wildman–Crippen LogP) is 1.79. The van der Waals surface area contributed by atoms with Crippen molar-refractivity contribution in [3.8, 4) is 11.8 Å². The number of ketones is 1. The van der Waals surface area contributed by atoms with Crippen LogP contribution >= 0.6 is 0 Å². The third-order valence-corrected chi connectivity index (χ3v) is 3.30. The monoisotopic (exact) mass is 199 g/mol. The van der Waals surface area contributed by atoms with E-state index in [1.165, 1.54) is 0 Å². The van der Waals surface area contributed by atoms with E-state index in [9.17, 15) is 4.79 Å². The average molecular weight is 199 g/mol. The quantitative estimate of drug-likeness (QED) is 0.640. The van der Waals surface area contributed by atoms with Gasteiger partial charge in [0.15, 0.2) is 5.78 Å². The van der Waals surface area contributed by atoms with E-state index in [1.54, 1.807) is 12.1 Å². The fourth-order valence-corrected chi connectivity index (χ4v) is 2.21. The number of carbonyl (C=O) groups excluding carboxylic acids is 1. The molecule has 2 atom stereocenters. The first-order valence-electron chi connectivity index (χ1n) is 4.94. The van der Waals surface area contributed by atoms with E-state index in [0.29, 0.717) is 24.3 Å². The van der Waals surface area contributed by atoms with Crippen LogP contribution in [0.1, 0.15) is 16.8 Å². The zero-order chi connectivity index (χ0) is 10.5. The van der Waals surface area contributed by atoms with Gasteiger partial charge < -0.3 is 4.74 Å². The number of ether oxygens (including phenoxy) is 1. The van der Waals surface area contributed by atoms with Crippen molar-refractivity contribution in [2.75, 3.05) is 6.61 Å². The maximum Gasteiger partial charge on any atom is 0.177 e. The molecule has 2 aliphatic rings. The van der Waals surface area contributed by atoms with Gasteiger partial charge in [0.1, 0.15) is 12.4 Å². The molecule has 1 aromatic rings. The highest BCUT2D eigenvalue weighted by Gasteiger charge is 2.63. The van der Waals surface area contributed by atoms with Crippen LogP contribution in [0.15, 0.2) is 24.3 Å². The van der Waals surface area contributed by atoms with Crippen molar-refractivity contribution in [2.45, 2.75) is 6.42 Å². The molecule has 1 aliphatic carbocycles. The Balaban J connectivity index is 2.05. The molecule has 74 valence electrons. The summed E-state index contributed by atoms with van der Waals surface area (Å²) in [5.74, 6) is 0.575. The molecule has 3 rings (SSSR count). The minimum absolute atomic E-state index is 0.0795. The Morgan fingerprint density at radius 3 is 3.00 bits per heavy atom. The normalized spacial score (nSPS) is 31.7. The SMILES string of the molecule is N#C[C@@H]1C[C@@]12COc1ccccc1C2=O. The van der Waals surface area contributed by atoms with Crippen molar-refractivity contribution in [1.82, 2.24) is 0 Å². The molecule has 0 bridgehead atoms. The van der Waals surface area contributed by atoms with Crippen LogP contribution in [0.25, 0.3) is 0 Å². The fourth-order valence-electron chi connectivity index (χ4n) is 2.21. The largest absolute Gasteiger partial charge is 0.492 e. The summed E-state index contributed by atoms with van der Waals surface area (Å²) in [6, 6.07) is 9.39. The molecule has 3 nitrogen and oxygen atoms in total. The maximum atomic E-state index is 12.1. The van der Waals surface area contributed by atoms with Gasteiger partial charge in [0.25, 0.3) is 0 Å². The Bertz CT molecular complexity index is 489. The predicted molar refractivity (Wildman–Crippen MR) is 52.4 cm³/mol. The van der Waals surface area contributed by atoms with Crippen molar-refractivity contribution in [3.63, 3.8) is 0 Å². The molecule has 0 N–H and O–H groups in total. The number of nitriles is 1. The van der Waals surface area contributed by atoms with Crippen LogP contribution < -0.4 is 4.74 Å². The van der Waals surface area contributed by atoms with E-state index >= 15 is 0 Å². The molecule has 1 saturated carbocycles. The summed E-state index contributed by atoms with van der Waals surface area (Å²) in [5, 5.41) is 8.83. The minimum atomic E-state index is -0.525. The number of benzene rings is 1. The van der Waals surface area contributed by atoms with Crippen LogP contribution in [0.3, 0.4) is 0 Å². The summed E-state index contributed by atoms with van der Waals surface area (Å²) >= 11 is 0. The van der Waals surface area contributed by atoms with Gasteiger partial charge in [-0.1, -0.05) is 12.1 Å². The summed E-state index contributed by atoms with van der Waals surface area (Å²) in [6.45, 7) is 0.362. The zero-order valence-corrected chi connectivity index (χ0v) is 8.06. The number of carbonyl (C=O) groups is 1. The van der Waals surface area contributed by atoms with Gasteiger partial charge in [-0.25, -0.2) is 0 Å². The Hall–Kier alpha value is -1.82. The highest BCUT2D eigenvalue weighted by atomic mass is 16.5. The van der Waals surface area contributed by atoms with Gasteiger partial charge in [0, 0.05) is 0 Å². The van der Waals surface area contributed by atoms with Crippen LogP contribution in [0, 0.1) is 22.7 Å². The first kappa shape index (κ1) is 8.49. The molecule has 1 aliphatic heterocycles. The van der Waals surface area contributed by atoms with Gasteiger partial charge in [0.05, 0.1) is 23.0 Å². The van der Waals surface area contributed by atoms with Crippen LogP contribution in [-0.2, 0) is 0 Å². The molecular weight excluding hydrogens is 190 g/mol. The van der Waals surface area contributed by atoms with Gasteiger partial charge >= 0.3 is 0 Å². The zero-order valence-electron chi connectivity index (χ0n) is 8.06. The van der Waals surface area contributed by atoms with Gasteiger partial charge in [-0.2, -0.15) is 5.26 Å². The van der Waals surface area contributed by atoms with Gasteiger partial charge in [-0.05, 0) is 18.6 Å². The number of rotatable bonds is 0. The van der Waals surface area contributed by atoms with Gasteiger partial charge in [0.2, 0.25) is 0 Å². The molecule has 1 spiro atoms. The first-order valence-corrected chi connectivity index (χ1v) is 4.94. The lowest BCUT2D eigenvalue weighted by atomic mass is 9.90. The van der Waals surface area contributed by atoms with Crippen molar-refractivity contribution in [3.05, 3.63) is 29.8 Å². The Kier molecular flexibility index (Phi) is 1.47. The standard InChI is InChI=1S/C12H9NO2/c13-6-8-5-12(8)7-15-10-4-2-1-3-9(10)11(12)14/h1-4,8H,5,7H2/t8-,12+/m0/s1. The second-order valence-electron chi connectivity index (χ2n) is 4.16. The van der Waals surface area contributed by atoms with Crippen LogP contribution in [0.4, 0.5) is 0 Å². The number of fused-ring (bicyclic) bond motifs is 1. The Morgan fingerprint density at radius 2 is 2.27 bits per heavy atom. The number of nitrogens with zero attached hydrogens (tertiary/aromatic N) is 1. The molecule has 1 fully saturated rings. The molecular formula is C12H9NO2. The maximum absolute atomic E-state index is 12.1. The second-order valence-corrected chi connectivity index (χ2v) is 4.16. The smallest absolute Gasteiger partial charge is 0.177 e. The lowest BCUT2D eigenvalue weighted by molar-refractivity contribution is 0.0786. The van der Waals surface area contributed by atoms with Crippen molar-refractivity contribution >= 4 is 5.78 Å². The number of Topliss-reactive ketones (excluding diaryl/α,β-unsaturated/α-hetero) is 1. The van der Waals surface area contributed by atoms with Gasteiger partial charge in [-0.3, -0.25) is 4.79 Å². The number of hydrogen-bond donors (Lipinski definition) is 0. The second kappa shape index (κ2) is 2.60. The third kappa shape index (κ3) is 0.964. The van der Waals surface area contributed by atoms with Crippen LogP contribution in [-0.4, -0.2) is 12.4 Å². The van der Waals surface area contributed by atoms with E-state index in [2.05, 4.69) is 6.07 Å². The summed E-state index contributed by atoms with van der Waals surface area (Å²) in [4.78, 5) is 12.1. The van der Waals surface area contributed by atoms with Crippen LogP contribution in [0.5, 0.6) is 5.75 Å². The summed E-state index contributed by atoms with van der Waals surface area (Å²) < 4.78 is 5.53. The molecule has 0 saturated heterocycles. The molecule has 0 amide bonds. The van der Waals surface area contributed by atoms with Gasteiger partial charge in [-0.15, -0.1) is 0 Å². The third-order valence-electron chi connectivity index (χ3n) is 3.30.